The van der Waals surface area contributed by atoms with Crippen molar-refractivity contribution in [3.05, 3.63) is 0 Å². The van der Waals surface area contributed by atoms with Crippen LogP contribution in [-0.4, -0.2) is 62.6 Å². The minimum Gasteiger partial charge on any atom is -0.388 e. The molecule has 0 heterocycles. The second-order valence-corrected chi connectivity index (χ2v) is 3.57. The summed E-state index contributed by atoms with van der Waals surface area (Å²) in [6, 6.07) is 0. The zero-order valence-corrected chi connectivity index (χ0v) is 8.55. The van der Waals surface area contributed by atoms with Crippen LogP contribution in [0.15, 0.2) is 0 Å². The first-order chi connectivity index (χ1) is 6.90. The van der Waals surface area contributed by atoms with E-state index >= 15 is 0 Å². The van der Waals surface area contributed by atoms with E-state index in [1.807, 2.05) is 0 Å². The molecule has 8 nitrogen and oxygen atoms in total. The number of aliphatic hydroxyl groups is 4. The van der Waals surface area contributed by atoms with Gasteiger partial charge in [0.05, 0.1) is 6.61 Å². The number of hydrogen-bond acceptors (Lipinski definition) is 7. The third-order valence-corrected chi connectivity index (χ3v) is 2.02. The molecule has 0 saturated carbocycles. The summed E-state index contributed by atoms with van der Waals surface area (Å²) in [5, 5.41) is 36.0. The second-order valence-electron chi connectivity index (χ2n) is 2.75. The van der Waals surface area contributed by atoms with E-state index in [1.54, 1.807) is 0 Å². The van der Waals surface area contributed by atoms with Gasteiger partial charge in [-0.25, -0.2) is 0 Å². The van der Waals surface area contributed by atoms with Crippen molar-refractivity contribution >= 4 is 14.5 Å². The first-order valence-electron chi connectivity index (χ1n) is 3.93. The van der Waals surface area contributed by atoms with Gasteiger partial charge in [0.1, 0.15) is 24.4 Å². The lowest BCUT2D eigenvalue weighted by molar-refractivity contribution is -0.135. The highest BCUT2D eigenvalue weighted by Gasteiger charge is 2.30. The maximum Gasteiger partial charge on any atom is 0.316 e. The molecule has 5 atom stereocenters. The van der Waals surface area contributed by atoms with Gasteiger partial charge in [0, 0.05) is 0 Å². The van der Waals surface area contributed by atoms with E-state index in [4.69, 9.17) is 25.3 Å². The van der Waals surface area contributed by atoms with Crippen molar-refractivity contribution in [1.82, 2.24) is 0 Å². The predicted octanol–water partition coefficient (Wildman–Crippen LogP) is -2.97. The normalized spacial score (nSPS) is 21.4. The number of carbonyl (C=O) groups is 1. The Kier molecular flexibility index (Phi) is 6.86. The molecule has 0 bridgehead atoms. The fraction of sp³-hybridized carbons (Fsp3) is 0.833. The highest BCUT2D eigenvalue weighted by molar-refractivity contribution is 7.32. The zero-order chi connectivity index (χ0) is 12.0. The third kappa shape index (κ3) is 5.33. The maximum atomic E-state index is 10.1. The molecular formula is C6H13O8P. The van der Waals surface area contributed by atoms with Crippen molar-refractivity contribution in [2.24, 2.45) is 0 Å². The molecule has 0 aromatic heterocycles. The molecule has 0 aliphatic heterocycles. The van der Waals surface area contributed by atoms with E-state index in [0.29, 0.717) is 0 Å². The lowest BCUT2D eigenvalue weighted by atomic mass is 10.0. The lowest BCUT2D eigenvalue weighted by Gasteiger charge is -2.23. The fourth-order valence-corrected chi connectivity index (χ4v) is 1.08. The van der Waals surface area contributed by atoms with Crippen LogP contribution >= 0.6 is 8.25 Å². The van der Waals surface area contributed by atoms with E-state index in [9.17, 15) is 9.36 Å². The van der Waals surface area contributed by atoms with Crippen molar-refractivity contribution in [3.8, 4) is 0 Å². The maximum absolute atomic E-state index is 10.1. The summed E-state index contributed by atoms with van der Waals surface area (Å²) in [7, 11) is -3.25. The van der Waals surface area contributed by atoms with E-state index in [0.717, 1.165) is 0 Å². The van der Waals surface area contributed by atoms with Gasteiger partial charge in [-0.1, -0.05) is 0 Å². The molecule has 15 heavy (non-hydrogen) atoms. The third-order valence-electron chi connectivity index (χ3n) is 1.61. The standard InChI is InChI=1S/C6H13O8P/c7-1-3(8)5(10)6(11)4(9)2-14-15(12)13/h1,3-6,8-11,15H,2H2,(H,12,13)/t3-,4+,5+,6+/m0/s1. The van der Waals surface area contributed by atoms with Crippen LogP contribution in [0.2, 0.25) is 0 Å². The van der Waals surface area contributed by atoms with Crippen molar-refractivity contribution in [2.45, 2.75) is 24.4 Å². The molecular weight excluding hydrogens is 231 g/mol. The molecule has 5 N–H and O–H groups in total. The smallest absolute Gasteiger partial charge is 0.316 e. The SMILES string of the molecule is O=C[C@H](O)[C@@H](O)[C@H](O)[C@H](O)CO[PH](=O)O. The first kappa shape index (κ1) is 14.7. The van der Waals surface area contributed by atoms with Crippen LogP contribution in [0.5, 0.6) is 0 Å². The average Bonchev–Trinajstić information content (AvgIpc) is 2.22. The molecule has 0 aromatic carbocycles. The van der Waals surface area contributed by atoms with Crippen molar-refractivity contribution < 1.29 is 39.2 Å². The van der Waals surface area contributed by atoms with Crippen molar-refractivity contribution in [2.75, 3.05) is 6.61 Å². The quantitative estimate of drug-likeness (QED) is 0.236. The Balaban J connectivity index is 4.11. The largest absolute Gasteiger partial charge is 0.388 e. The Morgan fingerprint density at radius 3 is 2.13 bits per heavy atom. The van der Waals surface area contributed by atoms with Crippen LogP contribution in [0, 0.1) is 0 Å². The molecule has 0 aliphatic carbocycles. The topological polar surface area (TPSA) is 145 Å². The Labute approximate surface area is 85.7 Å². The highest BCUT2D eigenvalue weighted by Crippen LogP contribution is 2.16. The molecule has 0 spiro atoms. The van der Waals surface area contributed by atoms with Gasteiger partial charge in [0.15, 0.2) is 6.29 Å². The molecule has 0 saturated heterocycles. The molecule has 0 aromatic rings. The zero-order valence-electron chi connectivity index (χ0n) is 7.55. The fourth-order valence-electron chi connectivity index (χ4n) is 0.765. The summed E-state index contributed by atoms with van der Waals surface area (Å²) < 4.78 is 14.2. The van der Waals surface area contributed by atoms with Gasteiger partial charge in [-0.15, -0.1) is 0 Å². The van der Waals surface area contributed by atoms with Gasteiger partial charge >= 0.3 is 8.25 Å². The molecule has 0 fully saturated rings. The minimum absolute atomic E-state index is 0.0175. The Morgan fingerprint density at radius 1 is 1.20 bits per heavy atom. The summed E-state index contributed by atoms with van der Waals surface area (Å²) in [4.78, 5) is 18.3. The molecule has 90 valence electrons. The summed E-state index contributed by atoms with van der Waals surface area (Å²) in [5.74, 6) is 0. The molecule has 0 amide bonds. The van der Waals surface area contributed by atoms with E-state index < -0.39 is 39.3 Å². The van der Waals surface area contributed by atoms with Gasteiger partial charge in [0.2, 0.25) is 0 Å². The van der Waals surface area contributed by atoms with Crippen LogP contribution in [-0.2, 0) is 13.9 Å². The lowest BCUT2D eigenvalue weighted by Crippen LogP contribution is -2.46. The van der Waals surface area contributed by atoms with Crippen LogP contribution in [0.1, 0.15) is 0 Å². The Bertz CT molecular complexity index is 221. The molecule has 9 heteroatoms. The van der Waals surface area contributed by atoms with Gasteiger partial charge in [-0.2, -0.15) is 0 Å². The van der Waals surface area contributed by atoms with E-state index in [2.05, 4.69) is 4.52 Å². The molecule has 0 radical (unpaired) electrons. The summed E-state index contributed by atoms with van der Waals surface area (Å²) >= 11 is 0. The van der Waals surface area contributed by atoms with E-state index in [-0.39, 0.29) is 6.29 Å². The molecule has 0 rings (SSSR count). The van der Waals surface area contributed by atoms with Gasteiger partial charge in [-0.3, -0.25) is 4.57 Å². The number of hydrogen-bond donors (Lipinski definition) is 5. The molecule has 0 aliphatic rings. The van der Waals surface area contributed by atoms with Gasteiger partial charge < -0.3 is 34.6 Å². The second kappa shape index (κ2) is 7.02. The first-order valence-corrected chi connectivity index (χ1v) is 5.19. The monoisotopic (exact) mass is 244 g/mol. The summed E-state index contributed by atoms with van der Waals surface area (Å²) in [6.45, 7) is -0.696. The Morgan fingerprint density at radius 2 is 1.73 bits per heavy atom. The van der Waals surface area contributed by atoms with Crippen molar-refractivity contribution in [1.29, 1.82) is 0 Å². The summed E-state index contributed by atoms with van der Waals surface area (Å²) in [5.41, 5.74) is 0. The molecule has 1 unspecified atom stereocenters. The van der Waals surface area contributed by atoms with Gasteiger partial charge in [-0.05, 0) is 0 Å². The highest BCUT2D eigenvalue weighted by atomic mass is 31.1. The number of aldehydes is 1. The van der Waals surface area contributed by atoms with Crippen LogP contribution in [0.4, 0.5) is 0 Å². The van der Waals surface area contributed by atoms with Crippen LogP contribution in [0.3, 0.4) is 0 Å². The minimum atomic E-state index is -3.25. The van der Waals surface area contributed by atoms with Crippen molar-refractivity contribution in [3.63, 3.8) is 0 Å². The summed E-state index contributed by atoms with van der Waals surface area (Å²) in [6.07, 6.45) is -7.29. The number of rotatable bonds is 7. The number of carbonyl (C=O) groups excluding carboxylic acids is 1. The number of aliphatic hydroxyl groups excluding tert-OH is 4. The average molecular weight is 244 g/mol. The predicted molar refractivity (Wildman–Crippen MR) is 47.3 cm³/mol. The van der Waals surface area contributed by atoms with Gasteiger partial charge in [0.25, 0.3) is 0 Å². The van der Waals surface area contributed by atoms with Crippen LogP contribution < -0.4 is 0 Å². The van der Waals surface area contributed by atoms with Crippen LogP contribution in [0.25, 0.3) is 0 Å². The Hall–Kier alpha value is -0.340. The van der Waals surface area contributed by atoms with E-state index in [1.165, 1.54) is 0 Å².